The van der Waals surface area contributed by atoms with E-state index in [-0.39, 0.29) is 19.8 Å². The van der Waals surface area contributed by atoms with Gasteiger partial charge in [-0.2, -0.15) is 0 Å². The van der Waals surface area contributed by atoms with E-state index in [1.807, 2.05) is 24.3 Å². The molecule has 110 valence electrons. The van der Waals surface area contributed by atoms with Gasteiger partial charge in [0.15, 0.2) is 0 Å². The van der Waals surface area contributed by atoms with Crippen molar-refractivity contribution >= 4 is 5.97 Å². The van der Waals surface area contributed by atoms with E-state index in [0.29, 0.717) is 0 Å². The minimum Gasteiger partial charge on any atom is -0.460 e. The topological polar surface area (TPSA) is 74.2 Å². The van der Waals surface area contributed by atoms with Crippen LogP contribution in [0.2, 0.25) is 0 Å². The fraction of sp³-hybridized carbons (Fsp3) is 0.357. The summed E-state index contributed by atoms with van der Waals surface area (Å²) >= 11 is 0. The van der Waals surface area contributed by atoms with Gasteiger partial charge in [0.1, 0.15) is 25.9 Å². The third-order valence-electron chi connectivity index (χ3n) is 2.41. The Kier molecular flexibility index (Phi) is 7.52. The molecule has 0 fully saturated rings. The minimum absolute atomic E-state index is 0.0754. The van der Waals surface area contributed by atoms with E-state index < -0.39 is 12.1 Å². The summed E-state index contributed by atoms with van der Waals surface area (Å²) < 4.78 is 4.80. The molecule has 1 aromatic carbocycles. The Morgan fingerprint density at radius 3 is 2.60 bits per heavy atom. The molecule has 0 aromatic heterocycles. The van der Waals surface area contributed by atoms with Gasteiger partial charge in [0, 0.05) is 6.08 Å². The highest BCUT2D eigenvalue weighted by molar-refractivity contribution is 5.81. The zero-order valence-corrected chi connectivity index (χ0v) is 11.3. The molecule has 1 aromatic rings. The van der Waals surface area contributed by atoms with Crippen LogP contribution in [0.25, 0.3) is 0 Å². The molecule has 0 saturated carbocycles. The van der Waals surface area contributed by atoms with Crippen LogP contribution in [0.1, 0.15) is 18.1 Å². The maximum atomic E-state index is 10.9. The predicted molar refractivity (Wildman–Crippen MR) is 70.4 cm³/mol. The fourth-order valence-electron chi connectivity index (χ4n) is 1.41. The summed E-state index contributed by atoms with van der Waals surface area (Å²) in [6.45, 7) is 5.34. The molecule has 0 aliphatic carbocycles. The first-order valence-electron chi connectivity index (χ1n) is 6.08. The lowest BCUT2D eigenvalue weighted by atomic mass is 10.1. The highest BCUT2D eigenvalue weighted by Gasteiger charge is 2.08. The summed E-state index contributed by atoms with van der Waals surface area (Å²) in [4.78, 5) is 25.1. The largest absolute Gasteiger partial charge is 0.460 e. The van der Waals surface area contributed by atoms with Crippen LogP contribution in [0.15, 0.2) is 36.9 Å². The molecule has 1 N–H and O–H groups in total. The summed E-state index contributed by atoms with van der Waals surface area (Å²) in [5, 5.41) is 8.47. The number of rotatable bonds is 9. The van der Waals surface area contributed by atoms with Gasteiger partial charge < -0.3 is 4.74 Å². The van der Waals surface area contributed by atoms with Crippen LogP contribution in [0, 0.1) is 0 Å². The molecule has 0 spiro atoms. The third-order valence-corrected chi connectivity index (χ3v) is 2.41. The Morgan fingerprint density at radius 1 is 1.35 bits per heavy atom. The van der Waals surface area contributed by atoms with Gasteiger partial charge in [0.05, 0.1) is 0 Å². The molecule has 0 saturated heterocycles. The Hall–Kier alpha value is -1.73. The van der Waals surface area contributed by atoms with Gasteiger partial charge in [-0.25, -0.2) is 19.5 Å². The Labute approximate surface area is 117 Å². The van der Waals surface area contributed by atoms with Crippen molar-refractivity contribution in [1.29, 1.82) is 0 Å². The maximum Gasteiger partial charge on any atom is 0.330 e. The number of benzene rings is 1. The van der Waals surface area contributed by atoms with Gasteiger partial charge in [0.2, 0.25) is 0 Å². The van der Waals surface area contributed by atoms with Gasteiger partial charge in [-0.05, 0) is 18.1 Å². The first kappa shape index (κ1) is 16.3. The predicted octanol–water partition coefficient (Wildman–Crippen LogP) is 2.24. The van der Waals surface area contributed by atoms with Crippen molar-refractivity contribution < 1.29 is 29.5 Å². The maximum absolute atomic E-state index is 10.9. The summed E-state index contributed by atoms with van der Waals surface area (Å²) in [7, 11) is 0. The number of hydrogen-bond donors (Lipinski definition) is 1. The molecule has 1 unspecified atom stereocenters. The Balaban J connectivity index is 2.33. The lowest BCUT2D eigenvalue weighted by Gasteiger charge is -2.13. The molecular weight excluding hydrogens is 264 g/mol. The Morgan fingerprint density at radius 2 is 2.00 bits per heavy atom. The molecule has 0 bridgehead atoms. The van der Waals surface area contributed by atoms with E-state index in [2.05, 4.69) is 11.5 Å². The van der Waals surface area contributed by atoms with E-state index >= 15 is 0 Å². The van der Waals surface area contributed by atoms with Crippen LogP contribution in [0.5, 0.6) is 0 Å². The normalized spacial score (nSPS) is 11.9. The zero-order chi connectivity index (χ0) is 14.8. The molecule has 0 amide bonds. The minimum atomic E-state index is -0.508. The van der Waals surface area contributed by atoms with E-state index in [0.717, 1.165) is 17.2 Å². The van der Waals surface area contributed by atoms with Gasteiger partial charge >= 0.3 is 5.97 Å². The zero-order valence-electron chi connectivity index (χ0n) is 11.3. The standard InChI is InChI=1S/C14H18O6/c1-3-14(15)17-8-11(2)20-19-10-13-7-5-4-6-12(13)9-18-16/h3-7,11,16H,1,8-10H2,2H3. The number of carbonyl (C=O) groups is 1. The van der Waals surface area contributed by atoms with Crippen LogP contribution in [0.3, 0.4) is 0 Å². The first-order valence-corrected chi connectivity index (χ1v) is 6.08. The molecule has 6 heteroatoms. The highest BCUT2D eigenvalue weighted by Crippen LogP contribution is 2.11. The van der Waals surface area contributed by atoms with Crippen molar-refractivity contribution in [2.75, 3.05) is 6.61 Å². The molecule has 0 heterocycles. The molecule has 0 aliphatic heterocycles. The second kappa shape index (κ2) is 9.22. The molecule has 1 rings (SSSR count). The number of carbonyl (C=O) groups excluding carboxylic acids is 1. The van der Waals surface area contributed by atoms with Crippen molar-refractivity contribution in [1.82, 2.24) is 0 Å². The van der Waals surface area contributed by atoms with Crippen molar-refractivity contribution in [3.63, 3.8) is 0 Å². The third kappa shape index (κ3) is 5.94. The molecule has 0 radical (unpaired) electrons. The second-order valence-electron chi connectivity index (χ2n) is 4.05. The molecule has 6 nitrogen and oxygen atoms in total. The van der Waals surface area contributed by atoms with Gasteiger partial charge in [0.25, 0.3) is 0 Å². The molecular formula is C14H18O6. The highest BCUT2D eigenvalue weighted by atomic mass is 17.2. The van der Waals surface area contributed by atoms with E-state index in [9.17, 15) is 4.79 Å². The van der Waals surface area contributed by atoms with Crippen LogP contribution in [0.4, 0.5) is 0 Å². The van der Waals surface area contributed by atoms with Crippen LogP contribution >= 0.6 is 0 Å². The average Bonchev–Trinajstić information content (AvgIpc) is 2.46. The lowest BCUT2D eigenvalue weighted by Crippen LogP contribution is -2.18. The van der Waals surface area contributed by atoms with Gasteiger partial charge in [-0.3, -0.25) is 5.26 Å². The number of esters is 1. The van der Waals surface area contributed by atoms with Crippen molar-refractivity contribution in [3.05, 3.63) is 48.0 Å². The van der Waals surface area contributed by atoms with Gasteiger partial charge in [-0.1, -0.05) is 30.8 Å². The lowest BCUT2D eigenvalue weighted by molar-refractivity contribution is -0.334. The molecule has 20 heavy (non-hydrogen) atoms. The van der Waals surface area contributed by atoms with Gasteiger partial charge in [-0.15, -0.1) is 0 Å². The number of ether oxygens (including phenoxy) is 1. The monoisotopic (exact) mass is 282 g/mol. The van der Waals surface area contributed by atoms with Crippen molar-refractivity contribution in [2.45, 2.75) is 26.2 Å². The number of hydrogen-bond acceptors (Lipinski definition) is 6. The van der Waals surface area contributed by atoms with Crippen LogP contribution in [-0.4, -0.2) is 23.9 Å². The van der Waals surface area contributed by atoms with E-state index in [1.165, 1.54) is 0 Å². The fourth-order valence-corrected chi connectivity index (χ4v) is 1.41. The quantitative estimate of drug-likeness (QED) is 0.324. The SMILES string of the molecule is C=CC(=O)OCC(C)OOCc1ccccc1COO. The smallest absolute Gasteiger partial charge is 0.330 e. The Bertz CT molecular complexity index is 431. The summed E-state index contributed by atoms with van der Waals surface area (Å²) in [5.74, 6) is -0.508. The summed E-state index contributed by atoms with van der Waals surface area (Å²) in [6.07, 6.45) is 0.679. The molecule has 0 aliphatic rings. The molecule has 1 atom stereocenters. The summed E-state index contributed by atoms with van der Waals surface area (Å²) in [5.41, 5.74) is 1.63. The van der Waals surface area contributed by atoms with Crippen molar-refractivity contribution in [3.8, 4) is 0 Å². The second-order valence-corrected chi connectivity index (χ2v) is 4.05. The van der Waals surface area contributed by atoms with Crippen LogP contribution in [-0.2, 0) is 37.4 Å². The van der Waals surface area contributed by atoms with E-state index in [4.69, 9.17) is 19.8 Å². The van der Waals surface area contributed by atoms with E-state index in [1.54, 1.807) is 6.92 Å². The average molecular weight is 282 g/mol. The van der Waals surface area contributed by atoms with Crippen molar-refractivity contribution in [2.24, 2.45) is 0 Å². The summed E-state index contributed by atoms with van der Waals surface area (Å²) in [6, 6.07) is 7.31. The first-order chi connectivity index (χ1) is 9.67. The van der Waals surface area contributed by atoms with Crippen LogP contribution < -0.4 is 0 Å².